The summed E-state index contributed by atoms with van der Waals surface area (Å²) >= 11 is 0. The molecule has 0 fully saturated rings. The Morgan fingerprint density at radius 3 is 2.44 bits per heavy atom. The van der Waals surface area contributed by atoms with E-state index in [-0.39, 0.29) is 47.3 Å². The summed E-state index contributed by atoms with van der Waals surface area (Å²) in [5.41, 5.74) is -0.0664. The standard InChI is InChI=1S/C30H29FN6O6/c1-16(2)22(24(39)26-35-36-28(43-26)30(3,4)18-10-12-19(31)13-11-18)33-21(38)14-37-25(17-8-6-5-7-9-17)32-20-15-42-29(41)34-23(20)27(37)40/h5-13,16,22H,14-15H2,1-4H3,(H,33,38)(H,34,41)/t22-/m1/s1. The molecule has 4 aromatic rings. The summed E-state index contributed by atoms with van der Waals surface area (Å²) in [4.78, 5) is 56.6. The third-order valence-corrected chi connectivity index (χ3v) is 7.15. The highest BCUT2D eigenvalue weighted by Crippen LogP contribution is 2.31. The van der Waals surface area contributed by atoms with Crippen molar-refractivity contribution in [1.82, 2.24) is 25.1 Å². The van der Waals surface area contributed by atoms with Crippen molar-refractivity contribution in [3.63, 3.8) is 0 Å². The number of hydrogen-bond acceptors (Lipinski definition) is 9. The average molecular weight is 589 g/mol. The molecule has 0 radical (unpaired) electrons. The lowest BCUT2D eigenvalue weighted by Gasteiger charge is -2.22. The quantitative estimate of drug-likeness (QED) is 0.277. The number of fused-ring (bicyclic) bond motifs is 1. The first-order chi connectivity index (χ1) is 20.5. The molecule has 2 aromatic carbocycles. The van der Waals surface area contributed by atoms with Crippen molar-refractivity contribution in [2.45, 2.75) is 52.3 Å². The second kappa shape index (κ2) is 11.6. The van der Waals surface area contributed by atoms with E-state index in [4.69, 9.17) is 9.15 Å². The molecule has 0 spiro atoms. The number of amides is 2. The number of ether oxygens (including phenoxy) is 1. The van der Waals surface area contributed by atoms with Crippen LogP contribution in [-0.4, -0.2) is 43.6 Å². The zero-order chi connectivity index (χ0) is 30.9. The van der Waals surface area contributed by atoms with Crippen LogP contribution in [0.25, 0.3) is 11.4 Å². The van der Waals surface area contributed by atoms with Crippen molar-refractivity contribution in [2.75, 3.05) is 5.32 Å². The molecular weight excluding hydrogens is 559 g/mol. The number of nitrogens with one attached hydrogen (secondary N) is 2. The van der Waals surface area contributed by atoms with Crippen LogP contribution in [0.15, 0.2) is 63.8 Å². The topological polar surface area (TPSA) is 158 Å². The van der Waals surface area contributed by atoms with Gasteiger partial charge in [-0.15, -0.1) is 10.2 Å². The van der Waals surface area contributed by atoms with Gasteiger partial charge in [-0.25, -0.2) is 14.2 Å². The fourth-order valence-corrected chi connectivity index (χ4v) is 4.65. The molecule has 12 nitrogen and oxygen atoms in total. The highest BCUT2D eigenvalue weighted by molar-refractivity contribution is 5.98. The van der Waals surface area contributed by atoms with Gasteiger partial charge in [0.15, 0.2) is 0 Å². The Bertz CT molecular complexity index is 1750. The number of aromatic nitrogens is 4. The van der Waals surface area contributed by atoms with Crippen molar-refractivity contribution in [3.05, 3.63) is 93.8 Å². The number of cyclic esters (lactones) is 1. The minimum absolute atomic E-state index is 0.0811. The molecular formula is C30H29FN6O6. The Hall–Kier alpha value is -5.20. The summed E-state index contributed by atoms with van der Waals surface area (Å²) < 4.78 is 25.3. The number of ketones is 1. The third-order valence-electron chi connectivity index (χ3n) is 7.15. The van der Waals surface area contributed by atoms with Crippen LogP contribution in [-0.2, 0) is 28.1 Å². The zero-order valence-electron chi connectivity index (χ0n) is 23.9. The molecule has 1 atom stereocenters. The van der Waals surface area contributed by atoms with E-state index in [1.807, 2.05) is 0 Å². The first-order valence-electron chi connectivity index (χ1n) is 13.5. The predicted octanol–water partition coefficient (Wildman–Crippen LogP) is 3.84. The number of Topliss-reactive ketones (excluding diaryl/α,β-unsaturated/α-hetero) is 1. The van der Waals surface area contributed by atoms with Crippen molar-refractivity contribution in [2.24, 2.45) is 5.92 Å². The fourth-order valence-electron chi connectivity index (χ4n) is 4.65. The van der Waals surface area contributed by atoms with E-state index in [1.54, 1.807) is 70.2 Å². The zero-order valence-corrected chi connectivity index (χ0v) is 23.9. The number of carbonyl (C=O) groups is 3. The Morgan fingerprint density at radius 1 is 1.07 bits per heavy atom. The first-order valence-corrected chi connectivity index (χ1v) is 13.5. The molecule has 13 heteroatoms. The molecule has 0 bridgehead atoms. The number of carbonyl (C=O) groups excluding carboxylic acids is 3. The molecule has 0 aliphatic carbocycles. The number of halogens is 1. The van der Waals surface area contributed by atoms with E-state index in [2.05, 4.69) is 25.8 Å². The molecule has 0 saturated heterocycles. The maximum absolute atomic E-state index is 13.5. The average Bonchev–Trinajstić information content (AvgIpc) is 3.49. The predicted molar refractivity (Wildman–Crippen MR) is 152 cm³/mol. The van der Waals surface area contributed by atoms with Crippen molar-refractivity contribution >= 4 is 23.5 Å². The summed E-state index contributed by atoms with van der Waals surface area (Å²) in [5, 5.41) is 13.0. The van der Waals surface area contributed by atoms with Gasteiger partial charge in [0.25, 0.3) is 11.4 Å². The maximum Gasteiger partial charge on any atom is 0.412 e. The number of benzene rings is 2. The minimum Gasteiger partial charge on any atom is -0.443 e. The Kier molecular flexibility index (Phi) is 7.89. The van der Waals surface area contributed by atoms with Gasteiger partial charge in [0.2, 0.25) is 17.6 Å². The van der Waals surface area contributed by atoms with Gasteiger partial charge in [-0.05, 0) is 37.5 Å². The van der Waals surface area contributed by atoms with Gasteiger partial charge in [0.1, 0.15) is 36.2 Å². The summed E-state index contributed by atoms with van der Waals surface area (Å²) in [6.45, 7) is 6.38. The molecule has 222 valence electrons. The van der Waals surface area contributed by atoms with E-state index >= 15 is 0 Å². The van der Waals surface area contributed by atoms with E-state index in [0.717, 1.165) is 4.57 Å². The molecule has 2 N–H and O–H groups in total. The van der Waals surface area contributed by atoms with Crippen molar-refractivity contribution in [1.29, 1.82) is 0 Å². The Morgan fingerprint density at radius 2 is 1.77 bits per heavy atom. The maximum atomic E-state index is 13.5. The summed E-state index contributed by atoms with van der Waals surface area (Å²) in [6.07, 6.45) is -0.804. The summed E-state index contributed by atoms with van der Waals surface area (Å²) in [7, 11) is 0. The minimum atomic E-state index is -1.07. The Labute approximate surface area is 245 Å². The largest absolute Gasteiger partial charge is 0.443 e. The van der Waals surface area contributed by atoms with Crippen LogP contribution in [0.1, 0.15) is 55.5 Å². The molecule has 1 aliphatic rings. The van der Waals surface area contributed by atoms with Gasteiger partial charge < -0.3 is 14.5 Å². The van der Waals surface area contributed by atoms with Gasteiger partial charge in [-0.1, -0.05) is 56.3 Å². The van der Waals surface area contributed by atoms with Crippen molar-refractivity contribution < 1.29 is 27.9 Å². The van der Waals surface area contributed by atoms with E-state index < -0.39 is 41.3 Å². The molecule has 0 saturated carbocycles. The lowest BCUT2D eigenvalue weighted by molar-refractivity contribution is -0.122. The summed E-state index contributed by atoms with van der Waals surface area (Å²) in [6, 6.07) is 13.5. The molecule has 2 amide bonds. The van der Waals surface area contributed by atoms with E-state index in [1.165, 1.54) is 12.1 Å². The number of nitrogens with zero attached hydrogens (tertiary/aromatic N) is 4. The van der Waals surface area contributed by atoms with Crippen LogP contribution >= 0.6 is 0 Å². The van der Waals surface area contributed by atoms with Gasteiger partial charge in [-0.2, -0.15) is 0 Å². The SMILES string of the molecule is CC(C)[C@@H](NC(=O)Cn1c(-c2ccccc2)nc2c(c1=O)NC(=O)OC2)C(=O)c1nnc(C(C)(C)c2ccc(F)cc2)o1. The van der Waals surface area contributed by atoms with Crippen LogP contribution in [0.5, 0.6) is 0 Å². The van der Waals surface area contributed by atoms with Gasteiger partial charge in [0.05, 0.1) is 11.5 Å². The number of rotatable bonds is 9. The Balaban J connectivity index is 1.40. The lowest BCUT2D eigenvalue weighted by Crippen LogP contribution is -2.47. The number of anilines is 1. The van der Waals surface area contributed by atoms with Gasteiger partial charge >= 0.3 is 6.09 Å². The van der Waals surface area contributed by atoms with Crippen molar-refractivity contribution in [3.8, 4) is 11.4 Å². The van der Waals surface area contributed by atoms with Gasteiger partial charge in [-0.3, -0.25) is 24.3 Å². The lowest BCUT2D eigenvalue weighted by atomic mass is 9.84. The van der Waals surface area contributed by atoms with Crippen LogP contribution in [0.4, 0.5) is 14.9 Å². The highest BCUT2D eigenvalue weighted by Gasteiger charge is 2.34. The van der Waals surface area contributed by atoms with Crippen LogP contribution in [0.2, 0.25) is 0 Å². The first kappa shape index (κ1) is 29.3. The second-order valence-corrected chi connectivity index (χ2v) is 10.9. The molecule has 5 rings (SSSR count). The van der Waals surface area contributed by atoms with Crippen LogP contribution in [0.3, 0.4) is 0 Å². The molecule has 2 aromatic heterocycles. The van der Waals surface area contributed by atoms with Gasteiger partial charge in [0, 0.05) is 5.56 Å². The molecule has 0 unspecified atom stereocenters. The molecule has 1 aliphatic heterocycles. The highest BCUT2D eigenvalue weighted by atomic mass is 19.1. The normalized spacial score (nSPS) is 13.6. The van der Waals surface area contributed by atoms with Crippen LogP contribution < -0.4 is 16.2 Å². The monoisotopic (exact) mass is 588 g/mol. The third kappa shape index (κ3) is 5.92. The summed E-state index contributed by atoms with van der Waals surface area (Å²) in [5.74, 6) is -2.01. The number of hydrogen-bond donors (Lipinski definition) is 2. The molecule has 3 heterocycles. The fraction of sp³-hybridized carbons (Fsp3) is 0.300. The second-order valence-electron chi connectivity index (χ2n) is 10.9. The van der Waals surface area contributed by atoms with Crippen LogP contribution in [0, 0.1) is 11.7 Å². The van der Waals surface area contributed by atoms with E-state index in [9.17, 15) is 23.6 Å². The van der Waals surface area contributed by atoms with E-state index in [0.29, 0.717) is 11.1 Å². The smallest absolute Gasteiger partial charge is 0.412 e. The molecule has 43 heavy (non-hydrogen) atoms.